The summed E-state index contributed by atoms with van der Waals surface area (Å²) < 4.78 is 5.94. The molecule has 0 bridgehead atoms. The number of aryl methyl sites for hydroxylation is 1. The molecule has 19 heavy (non-hydrogen) atoms. The monoisotopic (exact) mass is 256 g/mol. The van der Waals surface area contributed by atoms with Crippen molar-refractivity contribution in [3.8, 4) is 5.75 Å². The molecule has 1 aromatic heterocycles. The molecule has 0 spiro atoms. The normalized spacial score (nSPS) is 22.6. The number of rotatable bonds is 2. The zero-order chi connectivity index (χ0) is 13.2. The molecule has 1 fully saturated rings. The zero-order valence-corrected chi connectivity index (χ0v) is 10.7. The topological polar surface area (TPSA) is 54.4 Å². The van der Waals surface area contributed by atoms with E-state index in [4.69, 9.17) is 4.74 Å². The summed E-state index contributed by atoms with van der Waals surface area (Å²) in [5.74, 6) is 0.252. The van der Waals surface area contributed by atoms with Gasteiger partial charge < -0.3 is 9.84 Å². The number of benzene rings is 1. The molecule has 2 atom stereocenters. The van der Waals surface area contributed by atoms with Crippen molar-refractivity contribution in [3.05, 3.63) is 59.4 Å². The Morgan fingerprint density at radius 2 is 2.11 bits per heavy atom. The fourth-order valence-corrected chi connectivity index (χ4v) is 2.23. The van der Waals surface area contributed by atoms with E-state index in [-0.39, 0.29) is 18.1 Å². The molecule has 1 aromatic carbocycles. The molecule has 0 radical (unpaired) electrons. The van der Waals surface area contributed by atoms with Gasteiger partial charge in [0.2, 0.25) is 0 Å². The molecule has 4 nitrogen and oxygen atoms in total. The average Bonchev–Trinajstić information content (AvgIpc) is 2.89. The van der Waals surface area contributed by atoms with Gasteiger partial charge in [-0.05, 0) is 19.1 Å². The number of hydrogen-bond donors (Lipinski definition) is 2. The van der Waals surface area contributed by atoms with Crippen molar-refractivity contribution in [2.45, 2.75) is 19.3 Å². The molecular formula is C15H16N2O2. The van der Waals surface area contributed by atoms with Gasteiger partial charge in [0.15, 0.2) is 0 Å². The van der Waals surface area contributed by atoms with Gasteiger partial charge >= 0.3 is 0 Å². The lowest BCUT2D eigenvalue weighted by Crippen LogP contribution is -2.14. The molecule has 0 unspecified atom stereocenters. The van der Waals surface area contributed by atoms with E-state index < -0.39 is 0 Å². The maximum atomic E-state index is 9.83. The van der Waals surface area contributed by atoms with Crippen molar-refractivity contribution in [1.29, 1.82) is 0 Å². The third kappa shape index (κ3) is 2.45. The van der Waals surface area contributed by atoms with E-state index in [0.717, 1.165) is 16.8 Å². The van der Waals surface area contributed by atoms with Crippen LogP contribution in [0.3, 0.4) is 0 Å². The SMILES string of the molecule is Cc1ccc([C@H]2CN[C@@H](c3ccccc3O)O2)cn1. The van der Waals surface area contributed by atoms with E-state index >= 15 is 0 Å². The summed E-state index contributed by atoms with van der Waals surface area (Å²) in [6, 6.07) is 11.2. The highest BCUT2D eigenvalue weighted by Gasteiger charge is 2.28. The Morgan fingerprint density at radius 3 is 2.84 bits per heavy atom. The first kappa shape index (κ1) is 12.1. The predicted octanol–water partition coefficient (Wildman–Crippen LogP) is 2.46. The molecule has 1 aliphatic rings. The first-order valence-electron chi connectivity index (χ1n) is 6.33. The van der Waals surface area contributed by atoms with E-state index in [1.54, 1.807) is 12.1 Å². The molecule has 1 saturated heterocycles. The molecule has 0 saturated carbocycles. The van der Waals surface area contributed by atoms with Crippen LogP contribution in [0, 0.1) is 6.92 Å². The molecule has 3 rings (SSSR count). The fraction of sp³-hybridized carbons (Fsp3) is 0.267. The lowest BCUT2D eigenvalue weighted by molar-refractivity contribution is 0.0390. The van der Waals surface area contributed by atoms with E-state index in [2.05, 4.69) is 10.3 Å². The second kappa shape index (κ2) is 4.99. The Balaban J connectivity index is 1.77. The van der Waals surface area contributed by atoms with Crippen LogP contribution in [0.5, 0.6) is 5.75 Å². The molecule has 2 aromatic rings. The maximum Gasteiger partial charge on any atom is 0.138 e. The van der Waals surface area contributed by atoms with E-state index in [1.165, 1.54) is 0 Å². The lowest BCUT2D eigenvalue weighted by Gasteiger charge is -2.14. The number of aromatic nitrogens is 1. The van der Waals surface area contributed by atoms with E-state index in [0.29, 0.717) is 6.54 Å². The largest absolute Gasteiger partial charge is 0.508 e. The van der Waals surface area contributed by atoms with Crippen molar-refractivity contribution < 1.29 is 9.84 Å². The number of ether oxygens (including phenoxy) is 1. The van der Waals surface area contributed by atoms with Crippen molar-refractivity contribution in [1.82, 2.24) is 10.3 Å². The van der Waals surface area contributed by atoms with Gasteiger partial charge in [0.1, 0.15) is 12.0 Å². The molecule has 4 heteroatoms. The molecule has 1 aliphatic heterocycles. The van der Waals surface area contributed by atoms with E-state index in [9.17, 15) is 5.11 Å². The highest BCUT2D eigenvalue weighted by atomic mass is 16.5. The molecule has 0 aliphatic carbocycles. The number of pyridine rings is 1. The Kier molecular flexibility index (Phi) is 3.19. The predicted molar refractivity (Wildman–Crippen MR) is 71.7 cm³/mol. The van der Waals surface area contributed by atoms with Gasteiger partial charge in [-0.25, -0.2) is 0 Å². The summed E-state index contributed by atoms with van der Waals surface area (Å²) in [6.07, 6.45) is 1.54. The maximum absolute atomic E-state index is 9.83. The van der Waals surface area contributed by atoms with Gasteiger partial charge in [-0.2, -0.15) is 0 Å². The Labute approximate surface area is 112 Å². The van der Waals surface area contributed by atoms with Gasteiger partial charge in [0.05, 0.1) is 6.10 Å². The highest BCUT2D eigenvalue weighted by molar-refractivity contribution is 5.34. The van der Waals surface area contributed by atoms with Crippen LogP contribution >= 0.6 is 0 Å². The van der Waals surface area contributed by atoms with Crippen LogP contribution in [0.1, 0.15) is 29.2 Å². The van der Waals surface area contributed by atoms with Crippen LogP contribution in [-0.4, -0.2) is 16.6 Å². The van der Waals surface area contributed by atoms with Crippen LogP contribution in [0.2, 0.25) is 0 Å². The summed E-state index contributed by atoms with van der Waals surface area (Å²) in [6.45, 7) is 2.67. The van der Waals surface area contributed by atoms with Gasteiger partial charge in [-0.1, -0.05) is 24.3 Å². The molecule has 98 valence electrons. The zero-order valence-electron chi connectivity index (χ0n) is 10.7. The summed E-state index contributed by atoms with van der Waals surface area (Å²) >= 11 is 0. The summed E-state index contributed by atoms with van der Waals surface area (Å²) in [5.41, 5.74) is 2.81. The van der Waals surface area contributed by atoms with E-state index in [1.807, 2.05) is 37.4 Å². The molecule has 2 heterocycles. The van der Waals surface area contributed by atoms with Crippen molar-refractivity contribution in [2.75, 3.05) is 6.54 Å². The average molecular weight is 256 g/mol. The number of phenolic OH excluding ortho intramolecular Hbond substituents is 1. The number of phenols is 1. The van der Waals surface area contributed by atoms with Crippen molar-refractivity contribution >= 4 is 0 Å². The van der Waals surface area contributed by atoms with Crippen LogP contribution in [0.15, 0.2) is 42.6 Å². The number of nitrogens with one attached hydrogen (secondary N) is 1. The van der Waals surface area contributed by atoms with Gasteiger partial charge in [-0.3, -0.25) is 10.3 Å². The standard InChI is InChI=1S/C15H16N2O2/c1-10-6-7-11(8-16-10)14-9-17-15(19-14)12-4-2-3-5-13(12)18/h2-8,14-15,17-18H,9H2,1H3/t14-,15-/m1/s1. The Hall–Kier alpha value is -1.91. The van der Waals surface area contributed by atoms with Crippen LogP contribution in [0.4, 0.5) is 0 Å². The minimum Gasteiger partial charge on any atom is -0.508 e. The molecule has 0 amide bonds. The van der Waals surface area contributed by atoms with Crippen LogP contribution in [-0.2, 0) is 4.74 Å². The third-order valence-corrected chi connectivity index (χ3v) is 3.31. The molecular weight excluding hydrogens is 240 g/mol. The first-order valence-corrected chi connectivity index (χ1v) is 6.33. The Bertz CT molecular complexity index is 569. The minimum atomic E-state index is -0.271. The lowest BCUT2D eigenvalue weighted by atomic mass is 10.1. The third-order valence-electron chi connectivity index (χ3n) is 3.31. The van der Waals surface area contributed by atoms with Gasteiger partial charge in [-0.15, -0.1) is 0 Å². The summed E-state index contributed by atoms with van der Waals surface area (Å²) in [4.78, 5) is 4.28. The Morgan fingerprint density at radius 1 is 1.26 bits per heavy atom. The number of nitrogens with zero attached hydrogens (tertiary/aromatic N) is 1. The summed E-state index contributed by atoms with van der Waals surface area (Å²) in [5, 5.41) is 13.1. The second-order valence-corrected chi connectivity index (χ2v) is 4.70. The first-order chi connectivity index (χ1) is 9.24. The summed E-state index contributed by atoms with van der Waals surface area (Å²) in [7, 11) is 0. The highest BCUT2D eigenvalue weighted by Crippen LogP contribution is 2.33. The minimum absolute atomic E-state index is 0.0299. The van der Waals surface area contributed by atoms with Crippen molar-refractivity contribution in [2.24, 2.45) is 0 Å². The van der Waals surface area contributed by atoms with Crippen LogP contribution in [0.25, 0.3) is 0 Å². The number of aromatic hydroxyl groups is 1. The quantitative estimate of drug-likeness (QED) is 0.866. The smallest absolute Gasteiger partial charge is 0.138 e. The van der Waals surface area contributed by atoms with Crippen molar-refractivity contribution in [3.63, 3.8) is 0 Å². The number of para-hydroxylation sites is 1. The van der Waals surface area contributed by atoms with Gasteiger partial charge in [0.25, 0.3) is 0 Å². The second-order valence-electron chi connectivity index (χ2n) is 4.70. The molecule has 2 N–H and O–H groups in total. The van der Waals surface area contributed by atoms with Crippen LogP contribution < -0.4 is 5.32 Å². The fourth-order valence-electron chi connectivity index (χ4n) is 2.23. The number of hydrogen-bond acceptors (Lipinski definition) is 4. The van der Waals surface area contributed by atoms with Gasteiger partial charge in [0, 0.05) is 29.6 Å².